The first kappa shape index (κ1) is 11.8. The summed E-state index contributed by atoms with van der Waals surface area (Å²) < 4.78 is 5.35. The van der Waals surface area contributed by atoms with Crippen molar-refractivity contribution in [2.24, 2.45) is 0 Å². The van der Waals surface area contributed by atoms with Crippen LogP contribution in [0.4, 0.5) is 0 Å². The molecule has 1 rings (SSSR count). The SMILES string of the molecule is CCOC[C@H]1CCCN1C(=O)CCCl. The summed E-state index contributed by atoms with van der Waals surface area (Å²) in [5, 5.41) is 0. The monoisotopic (exact) mass is 219 g/mol. The van der Waals surface area contributed by atoms with Gasteiger partial charge in [-0.25, -0.2) is 0 Å². The van der Waals surface area contributed by atoms with Gasteiger partial charge in [0, 0.05) is 25.5 Å². The highest BCUT2D eigenvalue weighted by Crippen LogP contribution is 2.18. The van der Waals surface area contributed by atoms with Gasteiger partial charge in [-0.3, -0.25) is 4.79 Å². The Bertz CT molecular complexity index is 187. The molecule has 1 fully saturated rings. The molecule has 1 aliphatic rings. The molecule has 0 aromatic heterocycles. The molecule has 0 aromatic carbocycles. The molecule has 1 aliphatic heterocycles. The van der Waals surface area contributed by atoms with Crippen LogP contribution in [0.5, 0.6) is 0 Å². The van der Waals surface area contributed by atoms with Crippen LogP contribution in [-0.2, 0) is 9.53 Å². The van der Waals surface area contributed by atoms with Gasteiger partial charge in [0.1, 0.15) is 0 Å². The second-order valence-electron chi connectivity index (χ2n) is 3.48. The van der Waals surface area contributed by atoms with Crippen LogP contribution in [-0.4, -0.2) is 42.5 Å². The minimum absolute atomic E-state index is 0.169. The highest BCUT2D eigenvalue weighted by molar-refractivity contribution is 6.18. The summed E-state index contributed by atoms with van der Waals surface area (Å²) >= 11 is 5.55. The predicted octanol–water partition coefficient (Wildman–Crippen LogP) is 1.64. The molecule has 0 aromatic rings. The van der Waals surface area contributed by atoms with E-state index in [1.807, 2.05) is 11.8 Å². The summed E-state index contributed by atoms with van der Waals surface area (Å²) in [5.74, 6) is 0.582. The Morgan fingerprint density at radius 2 is 2.43 bits per heavy atom. The van der Waals surface area contributed by atoms with Crippen molar-refractivity contribution >= 4 is 17.5 Å². The van der Waals surface area contributed by atoms with Crippen molar-refractivity contribution in [3.05, 3.63) is 0 Å². The molecule has 0 aliphatic carbocycles. The van der Waals surface area contributed by atoms with Gasteiger partial charge >= 0.3 is 0 Å². The van der Waals surface area contributed by atoms with E-state index in [0.717, 1.165) is 19.4 Å². The van der Waals surface area contributed by atoms with E-state index in [4.69, 9.17) is 16.3 Å². The number of halogens is 1. The third-order valence-electron chi connectivity index (χ3n) is 2.52. The van der Waals surface area contributed by atoms with E-state index in [1.165, 1.54) is 0 Å². The lowest BCUT2D eigenvalue weighted by molar-refractivity contribution is -0.132. The number of carbonyl (C=O) groups excluding carboxylic acids is 1. The zero-order chi connectivity index (χ0) is 10.4. The van der Waals surface area contributed by atoms with Crippen molar-refractivity contribution < 1.29 is 9.53 Å². The van der Waals surface area contributed by atoms with E-state index < -0.39 is 0 Å². The predicted molar refractivity (Wildman–Crippen MR) is 56.6 cm³/mol. The Morgan fingerprint density at radius 1 is 1.64 bits per heavy atom. The molecule has 1 amide bonds. The molecule has 0 radical (unpaired) electrons. The Hall–Kier alpha value is -0.280. The molecule has 0 spiro atoms. The van der Waals surface area contributed by atoms with Crippen LogP contribution in [0, 0.1) is 0 Å². The summed E-state index contributed by atoms with van der Waals surface area (Å²) in [7, 11) is 0. The van der Waals surface area contributed by atoms with E-state index in [2.05, 4.69) is 0 Å². The standard InChI is InChI=1S/C10H18ClNO2/c1-2-14-8-9-4-3-7-12(9)10(13)5-6-11/h9H,2-8H2,1H3/t9-/m1/s1. The van der Waals surface area contributed by atoms with Gasteiger partial charge in [-0.2, -0.15) is 0 Å². The van der Waals surface area contributed by atoms with Crippen LogP contribution >= 0.6 is 11.6 Å². The lowest BCUT2D eigenvalue weighted by Gasteiger charge is -2.24. The van der Waals surface area contributed by atoms with Crippen LogP contribution in [0.1, 0.15) is 26.2 Å². The lowest BCUT2D eigenvalue weighted by Crippen LogP contribution is -2.38. The molecule has 0 unspecified atom stereocenters. The number of alkyl halides is 1. The average Bonchev–Trinajstić information content (AvgIpc) is 2.63. The van der Waals surface area contributed by atoms with Crippen LogP contribution < -0.4 is 0 Å². The minimum atomic E-state index is 0.169. The van der Waals surface area contributed by atoms with E-state index in [9.17, 15) is 4.79 Å². The smallest absolute Gasteiger partial charge is 0.224 e. The fourth-order valence-electron chi connectivity index (χ4n) is 1.82. The maximum Gasteiger partial charge on any atom is 0.224 e. The molecule has 0 bridgehead atoms. The maximum atomic E-state index is 11.6. The number of hydrogen-bond donors (Lipinski definition) is 0. The zero-order valence-corrected chi connectivity index (χ0v) is 9.42. The summed E-state index contributed by atoms with van der Waals surface area (Å²) in [4.78, 5) is 13.5. The van der Waals surface area contributed by atoms with Crippen molar-refractivity contribution in [3.8, 4) is 0 Å². The molecular weight excluding hydrogens is 202 g/mol. The van der Waals surface area contributed by atoms with Gasteiger partial charge in [0.2, 0.25) is 5.91 Å². The number of rotatable bonds is 5. The van der Waals surface area contributed by atoms with Crippen LogP contribution in [0.25, 0.3) is 0 Å². The second kappa shape index (κ2) is 6.25. The Labute approximate surface area is 90.4 Å². The number of likely N-dealkylation sites (tertiary alicyclic amines) is 1. The van der Waals surface area contributed by atoms with Gasteiger partial charge in [0.05, 0.1) is 12.6 Å². The van der Waals surface area contributed by atoms with Gasteiger partial charge in [-0.05, 0) is 19.8 Å². The van der Waals surface area contributed by atoms with Crippen LogP contribution in [0.2, 0.25) is 0 Å². The van der Waals surface area contributed by atoms with Gasteiger partial charge in [-0.1, -0.05) is 0 Å². The van der Waals surface area contributed by atoms with Crippen LogP contribution in [0.3, 0.4) is 0 Å². The lowest BCUT2D eigenvalue weighted by atomic mass is 10.2. The van der Waals surface area contributed by atoms with E-state index in [0.29, 0.717) is 25.5 Å². The molecule has 82 valence electrons. The van der Waals surface area contributed by atoms with Crippen LogP contribution in [0.15, 0.2) is 0 Å². The molecule has 0 saturated carbocycles. The topological polar surface area (TPSA) is 29.5 Å². The molecule has 1 atom stereocenters. The van der Waals surface area contributed by atoms with Crippen molar-refractivity contribution in [1.82, 2.24) is 4.90 Å². The fourth-order valence-corrected chi connectivity index (χ4v) is 1.98. The molecule has 1 saturated heterocycles. The van der Waals surface area contributed by atoms with Crippen molar-refractivity contribution in [2.75, 3.05) is 25.6 Å². The van der Waals surface area contributed by atoms with Gasteiger partial charge in [0.25, 0.3) is 0 Å². The largest absolute Gasteiger partial charge is 0.380 e. The molecule has 3 nitrogen and oxygen atoms in total. The Kier molecular flexibility index (Phi) is 5.26. The van der Waals surface area contributed by atoms with Gasteiger partial charge in [-0.15, -0.1) is 11.6 Å². The Balaban J connectivity index is 2.38. The fraction of sp³-hybridized carbons (Fsp3) is 0.900. The zero-order valence-electron chi connectivity index (χ0n) is 8.67. The molecule has 4 heteroatoms. The number of amides is 1. The first-order chi connectivity index (χ1) is 6.79. The van der Waals surface area contributed by atoms with Crippen molar-refractivity contribution in [3.63, 3.8) is 0 Å². The quantitative estimate of drug-likeness (QED) is 0.658. The average molecular weight is 220 g/mol. The summed E-state index contributed by atoms with van der Waals surface area (Å²) in [6.07, 6.45) is 2.60. The molecule has 1 heterocycles. The second-order valence-corrected chi connectivity index (χ2v) is 3.86. The van der Waals surface area contributed by atoms with Crippen molar-refractivity contribution in [2.45, 2.75) is 32.2 Å². The minimum Gasteiger partial charge on any atom is -0.380 e. The van der Waals surface area contributed by atoms with E-state index >= 15 is 0 Å². The van der Waals surface area contributed by atoms with E-state index in [1.54, 1.807) is 0 Å². The third kappa shape index (κ3) is 3.14. The summed E-state index contributed by atoms with van der Waals surface area (Å²) in [5.41, 5.74) is 0. The summed E-state index contributed by atoms with van der Waals surface area (Å²) in [6.45, 7) is 4.23. The Morgan fingerprint density at radius 3 is 3.07 bits per heavy atom. The maximum absolute atomic E-state index is 11.6. The first-order valence-corrected chi connectivity index (χ1v) is 5.76. The van der Waals surface area contributed by atoms with E-state index in [-0.39, 0.29) is 11.9 Å². The number of ether oxygens (including phenoxy) is 1. The highest BCUT2D eigenvalue weighted by atomic mass is 35.5. The normalized spacial score (nSPS) is 21.6. The van der Waals surface area contributed by atoms with Crippen molar-refractivity contribution in [1.29, 1.82) is 0 Å². The molecule has 14 heavy (non-hydrogen) atoms. The van der Waals surface area contributed by atoms with Gasteiger partial charge in [0.15, 0.2) is 0 Å². The number of nitrogens with zero attached hydrogens (tertiary/aromatic N) is 1. The van der Waals surface area contributed by atoms with Gasteiger partial charge < -0.3 is 9.64 Å². The number of hydrogen-bond acceptors (Lipinski definition) is 2. The third-order valence-corrected chi connectivity index (χ3v) is 2.71. The number of carbonyl (C=O) groups is 1. The molecular formula is C10H18ClNO2. The summed E-state index contributed by atoms with van der Waals surface area (Å²) in [6, 6.07) is 0.283. The highest BCUT2D eigenvalue weighted by Gasteiger charge is 2.27. The first-order valence-electron chi connectivity index (χ1n) is 5.22. The molecule has 0 N–H and O–H groups in total.